The number of rotatable bonds is 1. The van der Waals surface area contributed by atoms with E-state index in [2.05, 4.69) is 47.4 Å². The standard InChI is InChI=1S/C21H13NO/c1-3-7-19-16(5-1)15(11-12-22-19)14-9-10-21-18(13-14)17-6-2-4-8-20(17)23-21/h1-13H. The van der Waals surface area contributed by atoms with E-state index in [1.54, 1.807) is 0 Å². The predicted molar refractivity (Wildman–Crippen MR) is 94.5 cm³/mol. The number of fused-ring (bicyclic) bond motifs is 4. The molecule has 0 aliphatic heterocycles. The normalized spacial score (nSPS) is 11.5. The van der Waals surface area contributed by atoms with Crippen LogP contribution in [-0.2, 0) is 0 Å². The van der Waals surface area contributed by atoms with Gasteiger partial charge in [-0.2, -0.15) is 0 Å². The van der Waals surface area contributed by atoms with E-state index in [1.807, 2.05) is 36.5 Å². The van der Waals surface area contributed by atoms with E-state index < -0.39 is 0 Å². The summed E-state index contributed by atoms with van der Waals surface area (Å²) in [6.07, 6.45) is 1.87. The molecule has 0 aliphatic carbocycles. The zero-order valence-electron chi connectivity index (χ0n) is 12.4. The van der Waals surface area contributed by atoms with E-state index in [-0.39, 0.29) is 0 Å². The van der Waals surface area contributed by atoms with E-state index >= 15 is 0 Å². The highest BCUT2D eigenvalue weighted by Gasteiger charge is 2.09. The lowest BCUT2D eigenvalue weighted by Gasteiger charge is -2.06. The minimum absolute atomic E-state index is 0.924. The van der Waals surface area contributed by atoms with Crippen molar-refractivity contribution < 1.29 is 4.42 Å². The highest BCUT2D eigenvalue weighted by molar-refractivity contribution is 6.07. The molecule has 2 aromatic heterocycles. The Kier molecular flexibility index (Phi) is 2.53. The third-order valence-electron chi connectivity index (χ3n) is 4.34. The Morgan fingerprint density at radius 3 is 2.39 bits per heavy atom. The van der Waals surface area contributed by atoms with Gasteiger partial charge in [0.05, 0.1) is 5.52 Å². The lowest BCUT2D eigenvalue weighted by Crippen LogP contribution is -1.83. The minimum atomic E-state index is 0.924. The topological polar surface area (TPSA) is 26.0 Å². The van der Waals surface area contributed by atoms with Gasteiger partial charge < -0.3 is 4.42 Å². The van der Waals surface area contributed by atoms with Gasteiger partial charge in [-0.05, 0) is 41.5 Å². The molecule has 2 heterocycles. The number of benzene rings is 3. The number of aromatic nitrogens is 1. The third kappa shape index (κ3) is 1.85. The van der Waals surface area contributed by atoms with Crippen molar-refractivity contribution in [2.75, 3.05) is 0 Å². The SMILES string of the molecule is c1ccc2c(-c3ccc4oc5ccccc5c4c3)ccnc2c1. The Balaban J connectivity index is 1.84. The molecule has 0 saturated heterocycles. The molecular weight excluding hydrogens is 282 g/mol. The average molecular weight is 295 g/mol. The second-order valence-corrected chi connectivity index (χ2v) is 5.68. The zero-order chi connectivity index (χ0) is 15.2. The first-order chi connectivity index (χ1) is 11.4. The molecule has 0 atom stereocenters. The molecule has 0 aliphatic rings. The fourth-order valence-corrected chi connectivity index (χ4v) is 3.24. The molecule has 0 N–H and O–H groups in total. The average Bonchev–Trinajstić information content (AvgIpc) is 2.99. The summed E-state index contributed by atoms with van der Waals surface area (Å²) in [6, 6.07) is 24.9. The van der Waals surface area contributed by atoms with Crippen molar-refractivity contribution in [1.82, 2.24) is 4.98 Å². The van der Waals surface area contributed by atoms with Gasteiger partial charge in [-0.25, -0.2) is 0 Å². The van der Waals surface area contributed by atoms with Crippen molar-refractivity contribution in [2.24, 2.45) is 0 Å². The van der Waals surface area contributed by atoms with E-state index in [0.29, 0.717) is 0 Å². The lowest BCUT2D eigenvalue weighted by molar-refractivity contribution is 0.669. The number of pyridine rings is 1. The van der Waals surface area contributed by atoms with Crippen LogP contribution in [0.3, 0.4) is 0 Å². The van der Waals surface area contributed by atoms with Gasteiger partial charge in [0.1, 0.15) is 11.2 Å². The van der Waals surface area contributed by atoms with Crippen LogP contribution in [0.25, 0.3) is 44.0 Å². The molecule has 5 rings (SSSR count). The monoisotopic (exact) mass is 295 g/mol. The van der Waals surface area contributed by atoms with Crippen LogP contribution in [0.5, 0.6) is 0 Å². The van der Waals surface area contributed by atoms with Gasteiger partial charge in [-0.15, -0.1) is 0 Å². The molecule has 0 bridgehead atoms. The Bertz CT molecular complexity index is 1160. The number of hydrogen-bond acceptors (Lipinski definition) is 2. The number of para-hydroxylation sites is 2. The molecule has 0 fully saturated rings. The molecule has 5 aromatic rings. The Morgan fingerprint density at radius 1 is 0.652 bits per heavy atom. The van der Waals surface area contributed by atoms with Crippen LogP contribution in [0.2, 0.25) is 0 Å². The summed E-state index contributed by atoms with van der Waals surface area (Å²) < 4.78 is 5.92. The van der Waals surface area contributed by atoms with Gasteiger partial charge in [0.2, 0.25) is 0 Å². The smallest absolute Gasteiger partial charge is 0.135 e. The van der Waals surface area contributed by atoms with Crippen molar-refractivity contribution in [3.8, 4) is 11.1 Å². The van der Waals surface area contributed by atoms with Crippen LogP contribution in [-0.4, -0.2) is 4.98 Å². The van der Waals surface area contributed by atoms with Crippen LogP contribution >= 0.6 is 0 Å². The molecule has 0 saturated carbocycles. The highest BCUT2D eigenvalue weighted by atomic mass is 16.3. The van der Waals surface area contributed by atoms with Gasteiger partial charge >= 0.3 is 0 Å². The summed E-state index contributed by atoms with van der Waals surface area (Å²) in [6.45, 7) is 0. The predicted octanol–water partition coefficient (Wildman–Crippen LogP) is 5.80. The maximum atomic E-state index is 5.92. The van der Waals surface area contributed by atoms with Crippen molar-refractivity contribution in [2.45, 2.75) is 0 Å². The van der Waals surface area contributed by atoms with E-state index in [1.165, 1.54) is 16.5 Å². The van der Waals surface area contributed by atoms with Crippen LogP contribution in [0, 0.1) is 0 Å². The molecule has 2 nitrogen and oxygen atoms in total. The third-order valence-corrected chi connectivity index (χ3v) is 4.34. The fraction of sp³-hybridized carbons (Fsp3) is 0. The molecule has 0 radical (unpaired) electrons. The van der Waals surface area contributed by atoms with Crippen LogP contribution in [0.15, 0.2) is 83.4 Å². The van der Waals surface area contributed by atoms with Crippen LogP contribution in [0.4, 0.5) is 0 Å². The van der Waals surface area contributed by atoms with Crippen LogP contribution < -0.4 is 0 Å². The van der Waals surface area contributed by atoms with Crippen molar-refractivity contribution in [1.29, 1.82) is 0 Å². The summed E-state index contributed by atoms with van der Waals surface area (Å²) >= 11 is 0. The highest BCUT2D eigenvalue weighted by Crippen LogP contribution is 2.34. The van der Waals surface area contributed by atoms with Gasteiger partial charge in [0, 0.05) is 22.4 Å². The van der Waals surface area contributed by atoms with Gasteiger partial charge in [0.15, 0.2) is 0 Å². The Labute approximate surface area is 133 Å². The summed E-state index contributed by atoms with van der Waals surface area (Å²) in [5.74, 6) is 0. The molecule has 108 valence electrons. The van der Waals surface area contributed by atoms with Gasteiger partial charge in [0.25, 0.3) is 0 Å². The first kappa shape index (κ1) is 12.4. The quantitative estimate of drug-likeness (QED) is 0.390. The zero-order valence-corrected chi connectivity index (χ0v) is 12.4. The van der Waals surface area contributed by atoms with E-state index in [9.17, 15) is 0 Å². The molecule has 2 heteroatoms. The van der Waals surface area contributed by atoms with Crippen molar-refractivity contribution in [3.05, 3.63) is 79.0 Å². The van der Waals surface area contributed by atoms with Crippen LogP contribution in [0.1, 0.15) is 0 Å². The largest absolute Gasteiger partial charge is 0.456 e. The molecule has 0 unspecified atom stereocenters. The number of furan rings is 1. The summed E-state index contributed by atoms with van der Waals surface area (Å²) in [4.78, 5) is 4.45. The molecule has 3 aromatic carbocycles. The molecule has 0 spiro atoms. The molecular formula is C21H13NO. The van der Waals surface area contributed by atoms with Gasteiger partial charge in [-0.1, -0.05) is 42.5 Å². The fourth-order valence-electron chi connectivity index (χ4n) is 3.24. The van der Waals surface area contributed by atoms with E-state index in [0.717, 1.165) is 27.5 Å². The summed E-state index contributed by atoms with van der Waals surface area (Å²) in [7, 11) is 0. The lowest BCUT2D eigenvalue weighted by atomic mass is 9.99. The second-order valence-electron chi connectivity index (χ2n) is 5.68. The Hall–Kier alpha value is -3.13. The maximum absolute atomic E-state index is 5.92. The second kappa shape index (κ2) is 4.68. The maximum Gasteiger partial charge on any atom is 0.135 e. The van der Waals surface area contributed by atoms with E-state index in [4.69, 9.17) is 4.42 Å². The van der Waals surface area contributed by atoms with Crippen molar-refractivity contribution in [3.63, 3.8) is 0 Å². The number of nitrogens with zero attached hydrogens (tertiary/aromatic N) is 1. The summed E-state index contributed by atoms with van der Waals surface area (Å²) in [5.41, 5.74) is 5.25. The van der Waals surface area contributed by atoms with Gasteiger partial charge in [-0.3, -0.25) is 4.98 Å². The Morgan fingerprint density at radius 2 is 1.43 bits per heavy atom. The van der Waals surface area contributed by atoms with Crippen molar-refractivity contribution >= 4 is 32.8 Å². The first-order valence-corrected chi connectivity index (χ1v) is 7.65. The summed E-state index contributed by atoms with van der Waals surface area (Å²) in [5, 5.41) is 3.48. The minimum Gasteiger partial charge on any atom is -0.456 e. The molecule has 0 amide bonds. The number of hydrogen-bond donors (Lipinski definition) is 0. The molecule has 23 heavy (non-hydrogen) atoms. The first-order valence-electron chi connectivity index (χ1n) is 7.65.